The Balaban J connectivity index is 1.73. The van der Waals surface area contributed by atoms with E-state index in [4.69, 9.17) is 11.6 Å². The van der Waals surface area contributed by atoms with Gasteiger partial charge >= 0.3 is 0 Å². The van der Waals surface area contributed by atoms with E-state index in [2.05, 4.69) is 39.9 Å². The molecule has 0 aliphatic heterocycles. The molecule has 0 saturated heterocycles. The third-order valence-electron chi connectivity index (χ3n) is 3.17. The van der Waals surface area contributed by atoms with E-state index in [9.17, 15) is 0 Å². The molecule has 0 aliphatic rings. The van der Waals surface area contributed by atoms with Gasteiger partial charge in [0.15, 0.2) is 0 Å². The van der Waals surface area contributed by atoms with Crippen LogP contribution in [0.1, 0.15) is 11.1 Å². The van der Waals surface area contributed by atoms with Gasteiger partial charge in [0.2, 0.25) is 0 Å². The Hall–Kier alpha value is -1.71. The molecule has 0 atom stereocenters. The molecule has 0 aliphatic carbocycles. The summed E-state index contributed by atoms with van der Waals surface area (Å²) < 4.78 is 2.08. The van der Waals surface area contributed by atoms with Gasteiger partial charge in [-0.1, -0.05) is 41.9 Å². The van der Waals surface area contributed by atoms with Gasteiger partial charge < -0.3 is 4.57 Å². The molecule has 0 N–H and O–H groups in total. The van der Waals surface area contributed by atoms with Gasteiger partial charge in [-0.15, -0.1) is 11.8 Å². The highest BCUT2D eigenvalue weighted by atomic mass is 35.5. The second-order valence-electron chi connectivity index (χ2n) is 4.76. The van der Waals surface area contributed by atoms with E-state index in [1.54, 1.807) is 0 Å². The van der Waals surface area contributed by atoms with E-state index in [0.717, 1.165) is 17.3 Å². The zero-order chi connectivity index (χ0) is 14.5. The van der Waals surface area contributed by atoms with E-state index >= 15 is 0 Å². The maximum Gasteiger partial charge on any atom is 0.0949 e. The second kappa shape index (κ2) is 6.83. The molecule has 21 heavy (non-hydrogen) atoms. The summed E-state index contributed by atoms with van der Waals surface area (Å²) in [6.07, 6.45) is 5.64. The van der Waals surface area contributed by atoms with Crippen LogP contribution in [0.3, 0.4) is 0 Å². The number of imidazole rings is 1. The van der Waals surface area contributed by atoms with Crippen LogP contribution >= 0.6 is 23.4 Å². The summed E-state index contributed by atoms with van der Waals surface area (Å²) in [6, 6.07) is 16.5. The van der Waals surface area contributed by atoms with E-state index in [1.807, 2.05) is 48.7 Å². The van der Waals surface area contributed by atoms with Crippen LogP contribution in [-0.4, -0.2) is 9.55 Å². The van der Waals surface area contributed by atoms with E-state index in [1.165, 1.54) is 16.0 Å². The fourth-order valence-electron chi connectivity index (χ4n) is 2.14. The first-order valence-electron chi connectivity index (χ1n) is 6.72. The Labute approximate surface area is 133 Å². The summed E-state index contributed by atoms with van der Waals surface area (Å²) in [7, 11) is 0. The number of hydrogen-bond acceptors (Lipinski definition) is 2. The lowest BCUT2D eigenvalue weighted by molar-refractivity contribution is 0.784. The minimum Gasteiger partial charge on any atom is -0.333 e. The fourth-order valence-corrected chi connectivity index (χ4v) is 3.35. The smallest absolute Gasteiger partial charge is 0.0949 e. The van der Waals surface area contributed by atoms with Crippen LogP contribution in [0.25, 0.3) is 0 Å². The van der Waals surface area contributed by atoms with Gasteiger partial charge in [0.25, 0.3) is 0 Å². The summed E-state index contributed by atoms with van der Waals surface area (Å²) in [5, 5.41) is 0.791. The third-order valence-corrected chi connectivity index (χ3v) is 4.59. The van der Waals surface area contributed by atoms with Crippen molar-refractivity contribution in [3.8, 4) is 0 Å². The summed E-state index contributed by atoms with van der Waals surface area (Å²) in [5.41, 5.74) is 2.55. The van der Waals surface area contributed by atoms with Crippen LogP contribution in [-0.2, 0) is 12.3 Å². The summed E-state index contributed by atoms with van der Waals surface area (Å²) in [6.45, 7) is 0.846. The van der Waals surface area contributed by atoms with Gasteiger partial charge in [-0.3, -0.25) is 0 Å². The van der Waals surface area contributed by atoms with Gasteiger partial charge in [0, 0.05) is 34.6 Å². The molecule has 4 heteroatoms. The Morgan fingerprint density at radius 3 is 2.81 bits per heavy atom. The van der Waals surface area contributed by atoms with Crippen molar-refractivity contribution in [2.45, 2.75) is 17.2 Å². The quantitative estimate of drug-likeness (QED) is 0.625. The predicted octanol–water partition coefficient (Wildman–Crippen LogP) is 4.88. The summed E-state index contributed by atoms with van der Waals surface area (Å²) >= 11 is 7.87. The first-order valence-corrected chi connectivity index (χ1v) is 8.08. The second-order valence-corrected chi connectivity index (χ2v) is 6.21. The van der Waals surface area contributed by atoms with Gasteiger partial charge in [-0.2, -0.15) is 0 Å². The van der Waals surface area contributed by atoms with E-state index in [-0.39, 0.29) is 0 Å². The molecule has 0 unspecified atom stereocenters. The van der Waals surface area contributed by atoms with Gasteiger partial charge in [-0.05, 0) is 29.3 Å². The summed E-state index contributed by atoms with van der Waals surface area (Å²) in [4.78, 5) is 5.39. The number of halogens is 1. The Morgan fingerprint density at radius 1 is 1.10 bits per heavy atom. The molecule has 0 radical (unpaired) electrons. The number of hydrogen-bond donors (Lipinski definition) is 0. The predicted molar refractivity (Wildman–Crippen MR) is 88.8 cm³/mol. The van der Waals surface area contributed by atoms with Crippen molar-refractivity contribution in [1.29, 1.82) is 0 Å². The standard InChI is InChI=1S/C17H15ClN2S/c18-16-6-3-4-14(10-16)12-21-17-7-2-1-5-15(17)11-20-9-8-19-13-20/h1-10,13H,11-12H2. The van der Waals surface area contributed by atoms with Crippen molar-refractivity contribution in [1.82, 2.24) is 9.55 Å². The Bertz CT molecular complexity index is 710. The molecule has 2 aromatic carbocycles. The van der Waals surface area contributed by atoms with Crippen molar-refractivity contribution in [2.75, 3.05) is 0 Å². The first kappa shape index (κ1) is 14.2. The molecule has 106 valence electrons. The highest BCUT2D eigenvalue weighted by molar-refractivity contribution is 7.98. The average molecular weight is 315 g/mol. The van der Waals surface area contributed by atoms with Crippen LogP contribution in [0.2, 0.25) is 5.02 Å². The topological polar surface area (TPSA) is 17.8 Å². The average Bonchev–Trinajstić information content (AvgIpc) is 2.99. The van der Waals surface area contributed by atoms with Crippen LogP contribution in [0.5, 0.6) is 0 Å². The molecule has 0 spiro atoms. The first-order chi connectivity index (χ1) is 10.3. The monoisotopic (exact) mass is 314 g/mol. The minimum absolute atomic E-state index is 0.791. The van der Waals surface area contributed by atoms with Crippen LogP contribution < -0.4 is 0 Å². The van der Waals surface area contributed by atoms with Gasteiger partial charge in [0.05, 0.1) is 6.33 Å². The molecular formula is C17H15ClN2S. The zero-order valence-electron chi connectivity index (χ0n) is 11.4. The van der Waals surface area contributed by atoms with Crippen molar-refractivity contribution in [3.63, 3.8) is 0 Å². The molecule has 1 heterocycles. The molecule has 0 bridgehead atoms. The zero-order valence-corrected chi connectivity index (χ0v) is 13.0. The fraction of sp³-hybridized carbons (Fsp3) is 0.118. The maximum atomic E-state index is 6.03. The molecule has 3 rings (SSSR count). The molecule has 1 aromatic heterocycles. The van der Waals surface area contributed by atoms with Crippen LogP contribution in [0.15, 0.2) is 72.1 Å². The van der Waals surface area contributed by atoms with Gasteiger partial charge in [0.1, 0.15) is 0 Å². The van der Waals surface area contributed by atoms with E-state index in [0.29, 0.717) is 0 Å². The van der Waals surface area contributed by atoms with Crippen molar-refractivity contribution < 1.29 is 0 Å². The molecule has 0 saturated carbocycles. The normalized spacial score (nSPS) is 10.7. The highest BCUT2D eigenvalue weighted by Gasteiger charge is 2.04. The molecule has 0 fully saturated rings. The molecular weight excluding hydrogens is 300 g/mol. The molecule has 3 aromatic rings. The minimum atomic E-state index is 0.791. The van der Waals surface area contributed by atoms with Crippen molar-refractivity contribution in [2.24, 2.45) is 0 Å². The molecule has 2 nitrogen and oxygen atoms in total. The molecule has 0 amide bonds. The number of thioether (sulfide) groups is 1. The van der Waals surface area contributed by atoms with Crippen LogP contribution in [0, 0.1) is 0 Å². The number of benzene rings is 2. The van der Waals surface area contributed by atoms with Gasteiger partial charge in [-0.25, -0.2) is 4.98 Å². The van der Waals surface area contributed by atoms with E-state index < -0.39 is 0 Å². The maximum absolute atomic E-state index is 6.03. The number of aromatic nitrogens is 2. The Kier molecular flexibility index (Phi) is 4.63. The third kappa shape index (κ3) is 3.90. The van der Waals surface area contributed by atoms with Crippen molar-refractivity contribution >= 4 is 23.4 Å². The number of nitrogens with zero attached hydrogens (tertiary/aromatic N) is 2. The summed E-state index contributed by atoms with van der Waals surface area (Å²) in [5.74, 6) is 0.918. The van der Waals surface area contributed by atoms with Crippen LogP contribution in [0.4, 0.5) is 0 Å². The lowest BCUT2D eigenvalue weighted by Crippen LogP contribution is -1.98. The Morgan fingerprint density at radius 2 is 2.00 bits per heavy atom. The lowest BCUT2D eigenvalue weighted by Gasteiger charge is -2.10. The SMILES string of the molecule is Clc1cccc(CSc2ccccc2Cn2ccnc2)c1. The lowest BCUT2D eigenvalue weighted by atomic mass is 10.2. The highest BCUT2D eigenvalue weighted by Crippen LogP contribution is 2.27. The number of rotatable bonds is 5. The largest absolute Gasteiger partial charge is 0.333 e. The van der Waals surface area contributed by atoms with Crippen molar-refractivity contribution in [3.05, 3.63) is 83.4 Å².